The summed E-state index contributed by atoms with van der Waals surface area (Å²) in [5.41, 5.74) is 2.49. The lowest BCUT2D eigenvalue weighted by molar-refractivity contribution is 0.0564. The minimum atomic E-state index is -0.475. The predicted octanol–water partition coefficient (Wildman–Crippen LogP) is 1.84. The van der Waals surface area contributed by atoms with Gasteiger partial charge in [-0.05, 0) is 37.5 Å². The van der Waals surface area contributed by atoms with Crippen molar-refractivity contribution in [1.82, 2.24) is 24.6 Å². The number of hydrogen-bond donors (Lipinski definition) is 1. The average molecular weight is 369 g/mol. The third kappa shape index (κ3) is 3.75. The summed E-state index contributed by atoms with van der Waals surface area (Å²) >= 11 is 0. The van der Waals surface area contributed by atoms with Gasteiger partial charge in [0.25, 0.3) is 5.91 Å². The molecule has 1 atom stereocenters. The standard InChI is InChI=1S/C20H27N5O2/c1-2-19(26)18-13-16-14-24(11-12-25(16)22-18)15-6-9-23(10-7-15)20(27)17-5-3-4-8-21-17/h3-5,8,13,15,19,26H,2,6-7,9-12,14H2,1H3/t19-/m1/s1. The van der Waals surface area contributed by atoms with Gasteiger partial charge in [-0.25, -0.2) is 0 Å². The number of rotatable bonds is 4. The van der Waals surface area contributed by atoms with Crippen molar-refractivity contribution < 1.29 is 9.90 Å². The van der Waals surface area contributed by atoms with Crippen molar-refractivity contribution in [3.8, 4) is 0 Å². The molecule has 4 rings (SSSR count). The number of nitrogens with zero attached hydrogens (tertiary/aromatic N) is 5. The van der Waals surface area contributed by atoms with Gasteiger partial charge in [0.05, 0.1) is 24.0 Å². The summed E-state index contributed by atoms with van der Waals surface area (Å²) in [7, 11) is 0. The Morgan fingerprint density at radius 3 is 2.78 bits per heavy atom. The zero-order chi connectivity index (χ0) is 18.8. The van der Waals surface area contributed by atoms with Crippen molar-refractivity contribution in [1.29, 1.82) is 0 Å². The van der Waals surface area contributed by atoms with Crippen LogP contribution in [0.5, 0.6) is 0 Å². The van der Waals surface area contributed by atoms with Crippen molar-refractivity contribution in [3.05, 3.63) is 47.5 Å². The van der Waals surface area contributed by atoms with E-state index in [9.17, 15) is 9.90 Å². The lowest BCUT2D eigenvalue weighted by Crippen LogP contribution is -2.48. The van der Waals surface area contributed by atoms with Crippen molar-refractivity contribution in [2.75, 3.05) is 19.6 Å². The number of fused-ring (bicyclic) bond motifs is 1. The third-order valence-corrected chi connectivity index (χ3v) is 5.73. The van der Waals surface area contributed by atoms with Crippen LogP contribution in [-0.4, -0.2) is 61.3 Å². The minimum Gasteiger partial charge on any atom is -0.387 e. The normalized spacial score (nSPS) is 19.7. The fourth-order valence-electron chi connectivity index (χ4n) is 4.08. The molecule has 0 spiro atoms. The van der Waals surface area contributed by atoms with Crippen LogP contribution < -0.4 is 0 Å². The molecule has 7 nitrogen and oxygen atoms in total. The van der Waals surface area contributed by atoms with Gasteiger partial charge in [0.1, 0.15) is 5.69 Å². The van der Waals surface area contributed by atoms with Gasteiger partial charge in [-0.2, -0.15) is 5.10 Å². The van der Waals surface area contributed by atoms with Crippen LogP contribution >= 0.6 is 0 Å². The van der Waals surface area contributed by atoms with E-state index >= 15 is 0 Å². The number of carbonyl (C=O) groups is 1. The van der Waals surface area contributed by atoms with Crippen LogP contribution in [0.2, 0.25) is 0 Å². The molecule has 0 bridgehead atoms. The lowest BCUT2D eigenvalue weighted by Gasteiger charge is -2.40. The highest BCUT2D eigenvalue weighted by molar-refractivity contribution is 5.92. The van der Waals surface area contributed by atoms with E-state index < -0.39 is 6.10 Å². The van der Waals surface area contributed by atoms with Gasteiger partial charge in [-0.15, -0.1) is 0 Å². The number of amides is 1. The van der Waals surface area contributed by atoms with E-state index in [-0.39, 0.29) is 5.91 Å². The predicted molar refractivity (Wildman–Crippen MR) is 101 cm³/mol. The Kier molecular flexibility index (Phi) is 5.22. The van der Waals surface area contributed by atoms with E-state index in [2.05, 4.69) is 15.0 Å². The number of pyridine rings is 1. The number of hydrogen-bond acceptors (Lipinski definition) is 5. The molecule has 2 aliphatic rings. The molecule has 0 aromatic carbocycles. The van der Waals surface area contributed by atoms with Gasteiger partial charge in [-0.3, -0.25) is 19.4 Å². The molecule has 7 heteroatoms. The van der Waals surface area contributed by atoms with Crippen LogP contribution in [0.25, 0.3) is 0 Å². The molecule has 0 saturated carbocycles. The van der Waals surface area contributed by atoms with Gasteiger partial charge in [0, 0.05) is 38.4 Å². The second-order valence-electron chi connectivity index (χ2n) is 7.42. The summed E-state index contributed by atoms with van der Waals surface area (Å²) in [5, 5.41) is 14.6. The van der Waals surface area contributed by atoms with E-state index in [0.29, 0.717) is 18.2 Å². The van der Waals surface area contributed by atoms with Crippen LogP contribution in [-0.2, 0) is 13.1 Å². The molecule has 1 N–H and O–H groups in total. The van der Waals surface area contributed by atoms with Crippen molar-refractivity contribution in [3.63, 3.8) is 0 Å². The lowest BCUT2D eigenvalue weighted by atomic mass is 10.0. The maximum Gasteiger partial charge on any atom is 0.272 e. The summed E-state index contributed by atoms with van der Waals surface area (Å²) < 4.78 is 2.03. The topological polar surface area (TPSA) is 74.5 Å². The maximum absolute atomic E-state index is 12.6. The molecule has 4 heterocycles. The molecule has 1 fully saturated rings. The zero-order valence-electron chi connectivity index (χ0n) is 15.8. The number of piperidine rings is 1. The number of likely N-dealkylation sites (tertiary alicyclic amines) is 1. The van der Waals surface area contributed by atoms with Crippen molar-refractivity contribution >= 4 is 5.91 Å². The second-order valence-corrected chi connectivity index (χ2v) is 7.42. The Bertz CT molecular complexity index is 783. The molecule has 27 heavy (non-hydrogen) atoms. The Labute approximate surface area is 159 Å². The van der Waals surface area contributed by atoms with Gasteiger partial charge >= 0.3 is 0 Å². The smallest absolute Gasteiger partial charge is 0.272 e. The second kappa shape index (κ2) is 7.78. The molecule has 2 aromatic heterocycles. The average Bonchev–Trinajstić information content (AvgIpc) is 3.17. The Morgan fingerprint density at radius 2 is 2.07 bits per heavy atom. The molecule has 144 valence electrons. The van der Waals surface area contributed by atoms with E-state index in [4.69, 9.17) is 0 Å². The molecule has 0 unspecified atom stereocenters. The highest BCUT2D eigenvalue weighted by atomic mass is 16.3. The summed E-state index contributed by atoms with van der Waals surface area (Å²) in [6.45, 7) is 6.21. The van der Waals surface area contributed by atoms with Crippen LogP contribution in [0, 0.1) is 0 Å². The van der Waals surface area contributed by atoms with E-state index in [0.717, 1.165) is 51.3 Å². The largest absolute Gasteiger partial charge is 0.387 e. The van der Waals surface area contributed by atoms with E-state index in [1.807, 2.05) is 34.7 Å². The summed E-state index contributed by atoms with van der Waals surface area (Å²) in [6, 6.07) is 7.99. The van der Waals surface area contributed by atoms with Gasteiger partial charge in [0.15, 0.2) is 0 Å². The Hall–Kier alpha value is -2.25. The SMILES string of the molecule is CC[C@@H](O)c1cc2n(n1)CCN(C1CCN(C(=O)c3ccccn3)CC1)C2. The first-order chi connectivity index (χ1) is 13.2. The minimum absolute atomic E-state index is 0.0314. The van der Waals surface area contributed by atoms with Gasteiger partial charge in [0.2, 0.25) is 0 Å². The van der Waals surface area contributed by atoms with Crippen LogP contribution in [0.4, 0.5) is 0 Å². The van der Waals surface area contributed by atoms with Crippen molar-refractivity contribution in [2.45, 2.75) is 51.4 Å². The fraction of sp³-hybridized carbons (Fsp3) is 0.550. The monoisotopic (exact) mass is 369 g/mol. The first kappa shape index (κ1) is 18.1. The maximum atomic E-state index is 12.6. The zero-order valence-corrected chi connectivity index (χ0v) is 15.8. The number of aliphatic hydroxyl groups is 1. The number of aromatic nitrogens is 3. The first-order valence-electron chi connectivity index (χ1n) is 9.84. The highest BCUT2D eigenvalue weighted by Crippen LogP contribution is 2.25. The molecule has 2 aromatic rings. The van der Waals surface area contributed by atoms with E-state index in [1.54, 1.807) is 12.3 Å². The summed E-state index contributed by atoms with van der Waals surface area (Å²) in [4.78, 5) is 21.2. The van der Waals surface area contributed by atoms with Crippen LogP contribution in [0.3, 0.4) is 0 Å². The van der Waals surface area contributed by atoms with Gasteiger partial charge < -0.3 is 10.0 Å². The Balaban J connectivity index is 1.35. The number of aliphatic hydroxyl groups excluding tert-OH is 1. The van der Waals surface area contributed by atoms with Crippen LogP contribution in [0.1, 0.15) is 54.2 Å². The summed E-state index contributed by atoms with van der Waals surface area (Å²) in [6.07, 6.45) is 3.84. The quantitative estimate of drug-likeness (QED) is 0.890. The van der Waals surface area contributed by atoms with Crippen LogP contribution in [0.15, 0.2) is 30.5 Å². The highest BCUT2D eigenvalue weighted by Gasteiger charge is 2.30. The molecular formula is C20H27N5O2. The van der Waals surface area contributed by atoms with E-state index in [1.165, 1.54) is 5.69 Å². The first-order valence-corrected chi connectivity index (χ1v) is 9.84. The van der Waals surface area contributed by atoms with Gasteiger partial charge in [-0.1, -0.05) is 13.0 Å². The summed E-state index contributed by atoms with van der Waals surface area (Å²) in [5.74, 6) is 0.0314. The van der Waals surface area contributed by atoms with Crippen molar-refractivity contribution in [2.24, 2.45) is 0 Å². The molecule has 0 radical (unpaired) electrons. The molecule has 1 saturated heterocycles. The third-order valence-electron chi connectivity index (χ3n) is 5.73. The Morgan fingerprint density at radius 1 is 1.26 bits per heavy atom. The molecule has 1 amide bonds. The molecule has 2 aliphatic heterocycles. The molecule has 0 aliphatic carbocycles. The number of carbonyl (C=O) groups excluding carboxylic acids is 1. The fourth-order valence-corrected chi connectivity index (χ4v) is 4.08. The molecular weight excluding hydrogens is 342 g/mol.